The highest BCUT2D eigenvalue weighted by Crippen LogP contribution is 2.30. The maximum atomic E-state index is 13.6. The lowest BCUT2D eigenvalue weighted by Crippen LogP contribution is -2.48. The number of imide groups is 1. The highest BCUT2D eigenvalue weighted by molar-refractivity contribution is 7.80. The molecule has 0 saturated carbocycles. The Labute approximate surface area is 228 Å². The van der Waals surface area contributed by atoms with E-state index in [0.717, 1.165) is 11.3 Å². The number of para-hydroxylation sites is 1. The molecule has 1 N–H and O–H groups in total. The third-order valence-electron chi connectivity index (χ3n) is 6.28. The summed E-state index contributed by atoms with van der Waals surface area (Å²) in [6.07, 6.45) is 0.590. The molecule has 0 radical (unpaired) electrons. The van der Waals surface area contributed by atoms with E-state index in [1.807, 2.05) is 55.5 Å². The number of carbonyl (C=O) groups is 2. The first-order valence-electron chi connectivity index (χ1n) is 12.4. The van der Waals surface area contributed by atoms with Gasteiger partial charge in [-0.05, 0) is 79.7 Å². The number of rotatable bonds is 10. The van der Waals surface area contributed by atoms with Gasteiger partial charge in [0.05, 0.1) is 32.9 Å². The van der Waals surface area contributed by atoms with Crippen molar-refractivity contribution in [2.75, 3.05) is 37.6 Å². The van der Waals surface area contributed by atoms with Gasteiger partial charge in [0.15, 0.2) is 16.6 Å². The monoisotopic (exact) mass is 533 g/mol. The minimum Gasteiger partial charge on any atom is -0.494 e. The van der Waals surface area contributed by atoms with E-state index in [0.29, 0.717) is 47.6 Å². The molecular formula is C29H31N3O5S. The number of benzene rings is 3. The van der Waals surface area contributed by atoms with Crippen LogP contribution in [0.15, 0.2) is 72.8 Å². The molecule has 1 fully saturated rings. The van der Waals surface area contributed by atoms with Crippen molar-refractivity contribution in [3.05, 3.63) is 78.4 Å². The van der Waals surface area contributed by atoms with E-state index >= 15 is 0 Å². The minimum atomic E-state index is -0.738. The zero-order valence-electron chi connectivity index (χ0n) is 21.7. The molecule has 0 aliphatic carbocycles. The van der Waals surface area contributed by atoms with Crippen LogP contribution in [0.2, 0.25) is 0 Å². The Kier molecular flexibility index (Phi) is 8.81. The number of ether oxygens (including phenoxy) is 3. The van der Waals surface area contributed by atoms with Crippen LogP contribution in [0.3, 0.4) is 0 Å². The summed E-state index contributed by atoms with van der Waals surface area (Å²) < 4.78 is 16.3. The van der Waals surface area contributed by atoms with Gasteiger partial charge in [0.2, 0.25) is 5.91 Å². The number of nitrogens with zero attached hydrogens (tertiary/aromatic N) is 2. The number of hydrogen-bond donors (Lipinski definition) is 1. The number of amides is 2. The molecule has 9 heteroatoms. The van der Waals surface area contributed by atoms with Crippen LogP contribution in [-0.2, 0) is 16.0 Å². The van der Waals surface area contributed by atoms with Crippen molar-refractivity contribution in [1.29, 1.82) is 0 Å². The molecule has 3 aromatic carbocycles. The van der Waals surface area contributed by atoms with Gasteiger partial charge in [0.1, 0.15) is 11.8 Å². The molecule has 8 nitrogen and oxygen atoms in total. The van der Waals surface area contributed by atoms with Crippen LogP contribution in [-0.4, -0.2) is 55.2 Å². The summed E-state index contributed by atoms with van der Waals surface area (Å²) in [4.78, 5) is 29.7. The predicted octanol–water partition coefficient (Wildman–Crippen LogP) is 4.68. The molecule has 1 aliphatic heterocycles. The smallest absolute Gasteiger partial charge is 0.257 e. The van der Waals surface area contributed by atoms with E-state index in [4.69, 9.17) is 26.4 Å². The molecule has 2 amide bonds. The summed E-state index contributed by atoms with van der Waals surface area (Å²) in [5, 5.41) is 3.59. The molecule has 1 atom stereocenters. The van der Waals surface area contributed by atoms with E-state index in [1.54, 1.807) is 43.4 Å². The van der Waals surface area contributed by atoms with Gasteiger partial charge in [-0.3, -0.25) is 9.59 Å². The van der Waals surface area contributed by atoms with Crippen molar-refractivity contribution < 1.29 is 23.8 Å². The summed E-state index contributed by atoms with van der Waals surface area (Å²) in [5.74, 6) is 1.34. The fourth-order valence-electron chi connectivity index (χ4n) is 4.39. The van der Waals surface area contributed by atoms with Gasteiger partial charge in [0.25, 0.3) is 5.91 Å². The number of hydrogen-bond acceptors (Lipinski definition) is 6. The van der Waals surface area contributed by atoms with Gasteiger partial charge in [-0.25, -0.2) is 4.90 Å². The van der Waals surface area contributed by atoms with Crippen LogP contribution in [0.25, 0.3) is 0 Å². The van der Waals surface area contributed by atoms with E-state index in [-0.39, 0.29) is 18.2 Å². The normalized spacial score (nSPS) is 14.8. The topological polar surface area (TPSA) is 80.3 Å². The standard InChI is InChI=1S/C29H31N3O5S/c1-4-37-23-13-11-22(12-14-23)32-27(33)19-24(28(32)34)31(29(38)30-21-8-6-5-7-9-21)17-16-20-10-15-25(35-2)26(18-20)36-3/h5-15,18,24H,4,16-17,19H2,1-3H3,(H,30,38)/t24-/m0/s1. The molecule has 0 spiro atoms. The summed E-state index contributed by atoms with van der Waals surface area (Å²) in [7, 11) is 3.18. The van der Waals surface area contributed by atoms with Crippen molar-refractivity contribution in [3.63, 3.8) is 0 Å². The fraction of sp³-hybridized carbons (Fsp3) is 0.276. The largest absolute Gasteiger partial charge is 0.494 e. The van der Waals surface area contributed by atoms with Gasteiger partial charge in [-0.1, -0.05) is 24.3 Å². The van der Waals surface area contributed by atoms with E-state index in [9.17, 15) is 9.59 Å². The van der Waals surface area contributed by atoms with E-state index in [1.165, 1.54) is 4.90 Å². The maximum absolute atomic E-state index is 13.6. The summed E-state index contributed by atoms with van der Waals surface area (Å²) in [6.45, 7) is 2.84. The molecule has 198 valence electrons. The first-order chi connectivity index (χ1) is 18.4. The van der Waals surface area contributed by atoms with Crippen LogP contribution in [0.5, 0.6) is 17.2 Å². The van der Waals surface area contributed by atoms with Crippen LogP contribution in [0.4, 0.5) is 11.4 Å². The second-order valence-corrected chi connectivity index (χ2v) is 9.03. The van der Waals surface area contributed by atoms with Crippen molar-refractivity contribution in [1.82, 2.24) is 4.90 Å². The van der Waals surface area contributed by atoms with Crippen molar-refractivity contribution in [2.24, 2.45) is 0 Å². The molecule has 38 heavy (non-hydrogen) atoms. The quantitative estimate of drug-likeness (QED) is 0.297. The molecule has 0 aromatic heterocycles. The lowest BCUT2D eigenvalue weighted by atomic mass is 10.1. The van der Waals surface area contributed by atoms with Crippen molar-refractivity contribution >= 4 is 40.5 Å². The Balaban J connectivity index is 1.57. The molecule has 3 aromatic rings. The average molecular weight is 534 g/mol. The average Bonchev–Trinajstić information content (AvgIpc) is 3.23. The lowest BCUT2D eigenvalue weighted by Gasteiger charge is -2.30. The Morgan fingerprint density at radius 2 is 1.71 bits per heavy atom. The van der Waals surface area contributed by atoms with Gasteiger partial charge < -0.3 is 24.4 Å². The summed E-state index contributed by atoms with van der Waals surface area (Å²) in [5.41, 5.74) is 2.29. The van der Waals surface area contributed by atoms with E-state index in [2.05, 4.69) is 5.32 Å². The molecule has 1 heterocycles. The molecule has 1 aliphatic rings. The van der Waals surface area contributed by atoms with Crippen LogP contribution in [0.1, 0.15) is 18.9 Å². The summed E-state index contributed by atoms with van der Waals surface area (Å²) in [6, 6.07) is 21.4. The SMILES string of the molecule is CCOc1ccc(N2C(=O)C[C@H](N(CCc3ccc(OC)c(OC)c3)C(=S)Nc3ccccc3)C2=O)cc1. The predicted molar refractivity (Wildman–Crippen MR) is 151 cm³/mol. The Morgan fingerprint density at radius 1 is 1.00 bits per heavy atom. The first-order valence-corrected chi connectivity index (χ1v) is 12.8. The molecule has 0 bridgehead atoms. The zero-order valence-corrected chi connectivity index (χ0v) is 22.5. The Hall–Kier alpha value is -4.11. The van der Waals surface area contributed by atoms with Crippen LogP contribution in [0, 0.1) is 0 Å². The zero-order chi connectivity index (χ0) is 27.1. The first kappa shape index (κ1) is 26.9. The van der Waals surface area contributed by atoms with Crippen molar-refractivity contribution in [3.8, 4) is 17.2 Å². The van der Waals surface area contributed by atoms with Crippen LogP contribution >= 0.6 is 12.2 Å². The number of methoxy groups -OCH3 is 2. The van der Waals surface area contributed by atoms with Gasteiger partial charge in [-0.15, -0.1) is 0 Å². The second-order valence-electron chi connectivity index (χ2n) is 8.64. The second kappa shape index (κ2) is 12.4. The minimum absolute atomic E-state index is 0.0224. The number of carbonyl (C=O) groups excluding carboxylic acids is 2. The molecule has 1 saturated heterocycles. The van der Waals surface area contributed by atoms with Crippen molar-refractivity contribution in [2.45, 2.75) is 25.8 Å². The highest BCUT2D eigenvalue weighted by Gasteiger charge is 2.43. The lowest BCUT2D eigenvalue weighted by molar-refractivity contribution is -0.122. The number of nitrogens with one attached hydrogen (secondary N) is 1. The van der Waals surface area contributed by atoms with Gasteiger partial charge in [-0.2, -0.15) is 0 Å². The van der Waals surface area contributed by atoms with Gasteiger partial charge >= 0.3 is 0 Å². The van der Waals surface area contributed by atoms with E-state index < -0.39 is 6.04 Å². The molecule has 0 unspecified atom stereocenters. The third-order valence-corrected chi connectivity index (χ3v) is 6.62. The maximum Gasteiger partial charge on any atom is 0.257 e. The number of anilines is 2. The fourth-order valence-corrected chi connectivity index (χ4v) is 4.73. The van der Waals surface area contributed by atoms with Gasteiger partial charge in [0, 0.05) is 12.2 Å². The highest BCUT2D eigenvalue weighted by atomic mass is 32.1. The third kappa shape index (κ3) is 6.06. The Morgan fingerprint density at radius 3 is 2.37 bits per heavy atom. The number of thiocarbonyl (C=S) groups is 1. The molecular weight excluding hydrogens is 502 g/mol. The Bertz CT molecular complexity index is 1280. The molecule has 4 rings (SSSR count). The van der Waals surface area contributed by atoms with Crippen LogP contribution < -0.4 is 24.4 Å². The summed E-state index contributed by atoms with van der Waals surface area (Å²) >= 11 is 5.76.